The highest BCUT2D eigenvalue weighted by Gasteiger charge is 2.24. The lowest BCUT2D eigenvalue weighted by atomic mass is 9.83. The summed E-state index contributed by atoms with van der Waals surface area (Å²) in [5.74, 6) is 1.60. The Bertz CT molecular complexity index is 1310. The molecule has 210 valence electrons. The summed E-state index contributed by atoms with van der Waals surface area (Å²) in [6.07, 6.45) is 8.14. The number of carbonyl (C=O) groups excluding carboxylic acids is 1. The van der Waals surface area contributed by atoms with E-state index in [0.717, 1.165) is 80.1 Å². The van der Waals surface area contributed by atoms with Crippen molar-refractivity contribution in [2.45, 2.75) is 63.1 Å². The summed E-state index contributed by atoms with van der Waals surface area (Å²) in [5.41, 5.74) is 4.10. The lowest BCUT2D eigenvalue weighted by Crippen LogP contribution is -2.21. The number of anilines is 1. The van der Waals surface area contributed by atoms with Crippen LogP contribution in [0, 0.1) is 5.82 Å². The third-order valence-electron chi connectivity index (χ3n) is 8.33. The summed E-state index contributed by atoms with van der Waals surface area (Å²) in [5, 5.41) is 9.79. The first-order chi connectivity index (χ1) is 19.6. The maximum Gasteiger partial charge on any atom is 0.255 e. The summed E-state index contributed by atoms with van der Waals surface area (Å²) in [4.78, 5) is 13.5. The number of rotatable bonds is 8. The van der Waals surface area contributed by atoms with Gasteiger partial charge in [0.15, 0.2) is 0 Å². The number of benzene rings is 3. The van der Waals surface area contributed by atoms with Gasteiger partial charge in [0, 0.05) is 29.9 Å². The molecule has 2 heterocycles. The first-order valence-corrected chi connectivity index (χ1v) is 14.7. The Morgan fingerprint density at radius 2 is 1.45 bits per heavy atom. The monoisotopic (exact) mass is 543 g/mol. The van der Waals surface area contributed by atoms with E-state index in [4.69, 9.17) is 9.47 Å². The second-order valence-electron chi connectivity index (χ2n) is 11.2. The third-order valence-corrected chi connectivity index (χ3v) is 8.33. The molecule has 40 heavy (non-hydrogen) atoms. The fourth-order valence-corrected chi connectivity index (χ4v) is 6.12. The highest BCUT2D eigenvalue weighted by Crippen LogP contribution is 2.39. The van der Waals surface area contributed by atoms with Crippen LogP contribution in [0.1, 0.15) is 66.8 Å². The zero-order valence-electron chi connectivity index (χ0n) is 22.9. The van der Waals surface area contributed by atoms with E-state index >= 15 is 0 Å². The van der Waals surface area contributed by atoms with Crippen molar-refractivity contribution in [3.8, 4) is 22.6 Å². The Kier molecular flexibility index (Phi) is 8.30. The Hall–Kier alpha value is -3.42. The Morgan fingerprint density at radius 1 is 0.775 bits per heavy atom. The van der Waals surface area contributed by atoms with E-state index in [1.54, 1.807) is 12.1 Å². The number of amides is 1. The highest BCUT2D eigenvalue weighted by molar-refractivity contribution is 6.05. The van der Waals surface area contributed by atoms with Gasteiger partial charge in [0.2, 0.25) is 0 Å². The predicted octanol–water partition coefficient (Wildman–Crippen LogP) is 6.27. The van der Waals surface area contributed by atoms with Crippen LogP contribution in [0.2, 0.25) is 0 Å². The van der Waals surface area contributed by atoms with E-state index in [0.29, 0.717) is 17.2 Å². The van der Waals surface area contributed by atoms with E-state index in [2.05, 4.69) is 16.0 Å². The summed E-state index contributed by atoms with van der Waals surface area (Å²) in [6, 6.07) is 17.9. The molecule has 2 atom stereocenters. The zero-order valence-corrected chi connectivity index (χ0v) is 22.9. The maximum atomic E-state index is 13.7. The number of ether oxygens (including phenoxy) is 2. The smallest absolute Gasteiger partial charge is 0.255 e. The van der Waals surface area contributed by atoms with Crippen molar-refractivity contribution < 1.29 is 18.7 Å². The molecular formula is C33H38FN3O3. The molecule has 3 aromatic rings. The molecule has 0 radical (unpaired) electrons. The van der Waals surface area contributed by atoms with Crippen molar-refractivity contribution in [2.75, 3.05) is 31.5 Å². The molecule has 1 aliphatic carbocycles. The SMILES string of the molecule is O=C(Nc1ccc(O[C@H]2CCNC2)c(-c2ccc(F)cc2)c1)c1ccc(O[C@H]2CCNC2)c(C2CCCCC2)c1. The van der Waals surface area contributed by atoms with Crippen LogP contribution in [-0.2, 0) is 0 Å². The average Bonchev–Trinajstić information content (AvgIpc) is 3.70. The minimum absolute atomic E-state index is 0.0820. The number of hydrogen-bond donors (Lipinski definition) is 3. The van der Waals surface area contributed by atoms with Crippen molar-refractivity contribution in [1.29, 1.82) is 0 Å². The lowest BCUT2D eigenvalue weighted by molar-refractivity contribution is 0.102. The van der Waals surface area contributed by atoms with Gasteiger partial charge >= 0.3 is 0 Å². The minimum Gasteiger partial charge on any atom is -0.489 e. The third kappa shape index (κ3) is 6.31. The number of nitrogens with one attached hydrogen (secondary N) is 3. The topological polar surface area (TPSA) is 71.6 Å². The van der Waals surface area contributed by atoms with Gasteiger partial charge in [0.25, 0.3) is 5.91 Å². The molecule has 2 aliphatic heterocycles. The molecule has 3 aliphatic rings. The molecule has 0 aromatic heterocycles. The van der Waals surface area contributed by atoms with Gasteiger partial charge in [-0.15, -0.1) is 0 Å². The summed E-state index contributed by atoms with van der Waals surface area (Å²) in [7, 11) is 0. The summed E-state index contributed by atoms with van der Waals surface area (Å²) in [6.45, 7) is 3.56. The van der Waals surface area contributed by atoms with Gasteiger partial charge in [-0.25, -0.2) is 4.39 Å². The summed E-state index contributed by atoms with van der Waals surface area (Å²) >= 11 is 0. The quantitative estimate of drug-likeness (QED) is 0.312. The molecule has 1 saturated carbocycles. The average molecular weight is 544 g/mol. The van der Waals surface area contributed by atoms with Crippen LogP contribution in [0.3, 0.4) is 0 Å². The van der Waals surface area contributed by atoms with E-state index in [1.807, 2.05) is 36.4 Å². The Balaban J connectivity index is 1.25. The predicted molar refractivity (Wildman–Crippen MR) is 156 cm³/mol. The van der Waals surface area contributed by atoms with E-state index in [-0.39, 0.29) is 23.9 Å². The molecule has 3 N–H and O–H groups in total. The van der Waals surface area contributed by atoms with Crippen molar-refractivity contribution >= 4 is 11.6 Å². The normalized spacial score (nSPS) is 21.3. The van der Waals surface area contributed by atoms with Crippen LogP contribution in [0.15, 0.2) is 60.7 Å². The van der Waals surface area contributed by atoms with Gasteiger partial charge in [-0.05, 0) is 104 Å². The Morgan fingerprint density at radius 3 is 2.12 bits per heavy atom. The molecule has 6 nitrogen and oxygen atoms in total. The minimum atomic E-state index is -0.291. The summed E-state index contributed by atoms with van der Waals surface area (Å²) < 4.78 is 26.4. The van der Waals surface area contributed by atoms with E-state index < -0.39 is 0 Å². The standard InChI is InChI=1S/C33H38FN3O3/c34-25-9-6-23(7-10-25)30-19-26(11-13-32(30)40-28-15-17-36-21-28)37-33(38)24-8-12-31(39-27-14-16-35-20-27)29(18-24)22-4-2-1-3-5-22/h6-13,18-19,22,27-28,35-36H,1-5,14-17,20-21H2,(H,37,38)/t27-,28-/m0/s1. The van der Waals surface area contributed by atoms with Crippen molar-refractivity contribution in [3.63, 3.8) is 0 Å². The van der Waals surface area contributed by atoms with E-state index in [9.17, 15) is 9.18 Å². The molecule has 2 saturated heterocycles. The number of halogens is 1. The maximum absolute atomic E-state index is 13.7. The number of hydrogen-bond acceptors (Lipinski definition) is 5. The van der Waals surface area contributed by atoms with Crippen molar-refractivity contribution in [2.24, 2.45) is 0 Å². The van der Waals surface area contributed by atoms with Gasteiger partial charge in [-0.3, -0.25) is 4.79 Å². The fourth-order valence-electron chi connectivity index (χ4n) is 6.12. The first kappa shape index (κ1) is 26.8. The molecule has 0 spiro atoms. The van der Waals surface area contributed by atoms with Crippen LogP contribution in [0.25, 0.3) is 11.1 Å². The fraction of sp³-hybridized carbons (Fsp3) is 0.424. The first-order valence-electron chi connectivity index (χ1n) is 14.7. The molecule has 7 heteroatoms. The van der Waals surface area contributed by atoms with Gasteiger partial charge in [-0.1, -0.05) is 31.4 Å². The zero-order chi connectivity index (χ0) is 27.3. The van der Waals surface area contributed by atoms with Crippen molar-refractivity contribution in [3.05, 3.63) is 77.6 Å². The highest BCUT2D eigenvalue weighted by atomic mass is 19.1. The van der Waals surface area contributed by atoms with Gasteiger partial charge in [0.1, 0.15) is 29.5 Å². The van der Waals surface area contributed by atoms with Gasteiger partial charge in [-0.2, -0.15) is 0 Å². The lowest BCUT2D eigenvalue weighted by Gasteiger charge is -2.26. The number of carbonyl (C=O) groups is 1. The van der Waals surface area contributed by atoms with Crippen LogP contribution in [0.4, 0.5) is 10.1 Å². The molecule has 6 rings (SSSR count). The molecule has 1 amide bonds. The second kappa shape index (κ2) is 12.4. The molecular weight excluding hydrogens is 505 g/mol. The van der Waals surface area contributed by atoms with E-state index in [1.165, 1.54) is 31.4 Å². The molecule has 3 aromatic carbocycles. The molecule has 3 fully saturated rings. The van der Waals surface area contributed by atoms with Crippen LogP contribution >= 0.6 is 0 Å². The largest absolute Gasteiger partial charge is 0.489 e. The van der Waals surface area contributed by atoms with Crippen LogP contribution in [-0.4, -0.2) is 44.3 Å². The molecule has 0 unspecified atom stereocenters. The van der Waals surface area contributed by atoms with Crippen LogP contribution < -0.4 is 25.4 Å². The van der Waals surface area contributed by atoms with Gasteiger partial charge < -0.3 is 25.4 Å². The van der Waals surface area contributed by atoms with Crippen LogP contribution in [0.5, 0.6) is 11.5 Å². The molecule has 0 bridgehead atoms. The Labute approximate surface area is 235 Å². The second-order valence-corrected chi connectivity index (χ2v) is 11.2. The van der Waals surface area contributed by atoms with Gasteiger partial charge in [0.05, 0.1) is 0 Å². The van der Waals surface area contributed by atoms with Crippen molar-refractivity contribution in [1.82, 2.24) is 10.6 Å².